The first kappa shape index (κ1) is 21.1. The van der Waals surface area contributed by atoms with E-state index in [1.165, 1.54) is 19.3 Å². The molecule has 0 aliphatic heterocycles. The van der Waals surface area contributed by atoms with Gasteiger partial charge in [0.1, 0.15) is 0 Å². The van der Waals surface area contributed by atoms with Gasteiger partial charge < -0.3 is 24.4 Å². The van der Waals surface area contributed by atoms with Crippen LogP contribution in [0.15, 0.2) is 0 Å². The average Bonchev–Trinajstić information content (AvgIpc) is 2.41. The molecule has 0 heterocycles. The van der Waals surface area contributed by atoms with Crippen molar-refractivity contribution < 1.29 is 24.4 Å². The molecule has 5 heteroatoms. The summed E-state index contributed by atoms with van der Waals surface area (Å²) in [4.78, 5) is 0. The van der Waals surface area contributed by atoms with Gasteiger partial charge in [-0.1, -0.05) is 26.2 Å². The van der Waals surface area contributed by atoms with Crippen LogP contribution in [-0.2, 0) is 14.2 Å². The van der Waals surface area contributed by atoms with Crippen molar-refractivity contribution in [2.24, 2.45) is 0 Å². The van der Waals surface area contributed by atoms with Crippen LogP contribution in [-0.4, -0.2) is 63.1 Å². The van der Waals surface area contributed by atoms with Crippen LogP contribution >= 0.6 is 0 Å². The van der Waals surface area contributed by atoms with E-state index in [4.69, 9.17) is 24.4 Å². The van der Waals surface area contributed by atoms with Crippen LogP contribution in [0.1, 0.15) is 39.5 Å². The number of rotatable bonds is 13. The predicted molar refractivity (Wildman–Crippen MR) is 76.4 cm³/mol. The van der Waals surface area contributed by atoms with Gasteiger partial charge in [0.25, 0.3) is 0 Å². The molecule has 0 aliphatic rings. The third-order valence-electron chi connectivity index (χ3n) is 2.12. The third-order valence-corrected chi connectivity index (χ3v) is 2.12. The maximum atomic E-state index is 8.44. The maximum Gasteiger partial charge on any atom is 0.0701 e. The number of aliphatic hydroxyl groups excluding tert-OH is 2. The monoisotopic (exact) mass is 280 g/mol. The zero-order valence-corrected chi connectivity index (χ0v) is 12.6. The summed E-state index contributed by atoms with van der Waals surface area (Å²) >= 11 is 0. The molecule has 0 aliphatic carbocycles. The summed E-state index contributed by atoms with van der Waals surface area (Å²) in [6.07, 6.45) is 4.96. The Morgan fingerprint density at radius 3 is 1.58 bits per heavy atom. The first-order valence-electron chi connectivity index (χ1n) is 7.28. The van der Waals surface area contributed by atoms with Crippen LogP contribution in [0, 0.1) is 0 Å². The highest BCUT2D eigenvalue weighted by atomic mass is 16.5. The lowest BCUT2D eigenvalue weighted by atomic mass is 10.2. The van der Waals surface area contributed by atoms with Crippen LogP contribution in [0.25, 0.3) is 0 Å². The summed E-state index contributed by atoms with van der Waals surface area (Å²) in [6, 6.07) is 0. The molecule has 0 rings (SSSR count). The summed E-state index contributed by atoms with van der Waals surface area (Å²) in [5.74, 6) is 0. The largest absolute Gasteiger partial charge is 0.397 e. The van der Waals surface area contributed by atoms with Crippen molar-refractivity contribution in [3.8, 4) is 0 Å². The van der Waals surface area contributed by atoms with Crippen LogP contribution in [0.5, 0.6) is 0 Å². The normalized spacial score (nSPS) is 10.1. The summed E-state index contributed by atoms with van der Waals surface area (Å²) in [5, 5.41) is 16.0. The molecule has 0 atom stereocenters. The minimum absolute atomic E-state index is 0.0703. The number of unbranched alkanes of at least 4 members (excludes halogenated alkanes) is 3. The molecule has 0 unspecified atom stereocenters. The first-order valence-corrected chi connectivity index (χ1v) is 7.28. The Morgan fingerprint density at radius 2 is 1.11 bits per heavy atom. The van der Waals surface area contributed by atoms with Crippen LogP contribution in [0.3, 0.4) is 0 Å². The van der Waals surface area contributed by atoms with Crippen LogP contribution in [0.4, 0.5) is 0 Å². The van der Waals surface area contributed by atoms with E-state index in [9.17, 15) is 0 Å². The molecule has 0 aromatic carbocycles. The fourth-order valence-electron chi connectivity index (χ4n) is 1.24. The highest BCUT2D eigenvalue weighted by Gasteiger charge is 1.91. The zero-order valence-electron chi connectivity index (χ0n) is 12.6. The molecule has 19 heavy (non-hydrogen) atoms. The second-order valence-corrected chi connectivity index (χ2v) is 3.94. The van der Waals surface area contributed by atoms with Gasteiger partial charge in [-0.3, -0.25) is 0 Å². The maximum absolute atomic E-state index is 8.44. The molecule has 0 amide bonds. The highest BCUT2D eigenvalue weighted by molar-refractivity contribution is 4.39. The van der Waals surface area contributed by atoms with E-state index in [-0.39, 0.29) is 13.2 Å². The average molecular weight is 280 g/mol. The van der Waals surface area contributed by atoms with E-state index in [0.29, 0.717) is 33.0 Å². The number of ether oxygens (including phenoxy) is 3. The van der Waals surface area contributed by atoms with Gasteiger partial charge >= 0.3 is 0 Å². The topological polar surface area (TPSA) is 68.2 Å². The SMILES string of the molecule is CCCCCCOCCOCCOCCO.CCO. The molecule has 0 saturated heterocycles. The summed E-state index contributed by atoms with van der Waals surface area (Å²) < 4.78 is 15.7. The Morgan fingerprint density at radius 1 is 0.632 bits per heavy atom. The molecule has 0 saturated carbocycles. The van der Waals surface area contributed by atoms with Gasteiger partial charge in [-0.2, -0.15) is 0 Å². The number of hydrogen-bond acceptors (Lipinski definition) is 5. The van der Waals surface area contributed by atoms with Crippen molar-refractivity contribution in [1.29, 1.82) is 0 Å². The molecular formula is C14H32O5. The Labute approximate surface area is 117 Å². The lowest BCUT2D eigenvalue weighted by Gasteiger charge is -2.06. The molecule has 0 spiro atoms. The second-order valence-electron chi connectivity index (χ2n) is 3.94. The summed E-state index contributed by atoms with van der Waals surface area (Å²) in [6.45, 7) is 7.81. The van der Waals surface area contributed by atoms with Gasteiger partial charge in [0, 0.05) is 13.2 Å². The first-order chi connectivity index (χ1) is 9.33. The molecular weight excluding hydrogens is 248 g/mol. The van der Waals surface area contributed by atoms with Crippen molar-refractivity contribution in [3.05, 3.63) is 0 Å². The Hall–Kier alpha value is -0.200. The van der Waals surface area contributed by atoms with Gasteiger partial charge in [-0.25, -0.2) is 0 Å². The number of hydrogen-bond donors (Lipinski definition) is 2. The van der Waals surface area contributed by atoms with E-state index in [0.717, 1.165) is 13.0 Å². The van der Waals surface area contributed by atoms with Crippen molar-refractivity contribution in [2.45, 2.75) is 39.5 Å². The Kier molecular flexibility index (Phi) is 25.5. The summed E-state index contributed by atoms with van der Waals surface area (Å²) in [5.41, 5.74) is 0. The van der Waals surface area contributed by atoms with Crippen molar-refractivity contribution in [3.63, 3.8) is 0 Å². The third kappa shape index (κ3) is 27.1. The Bertz CT molecular complexity index is 119. The van der Waals surface area contributed by atoms with Gasteiger partial charge in [0.2, 0.25) is 0 Å². The van der Waals surface area contributed by atoms with E-state index in [2.05, 4.69) is 6.92 Å². The Balaban J connectivity index is 0. The fourth-order valence-corrected chi connectivity index (χ4v) is 1.24. The molecule has 2 N–H and O–H groups in total. The van der Waals surface area contributed by atoms with Crippen molar-refractivity contribution >= 4 is 0 Å². The molecule has 0 aromatic rings. The van der Waals surface area contributed by atoms with E-state index in [1.54, 1.807) is 6.92 Å². The van der Waals surface area contributed by atoms with E-state index < -0.39 is 0 Å². The van der Waals surface area contributed by atoms with Gasteiger partial charge in [0.15, 0.2) is 0 Å². The second kappa shape index (κ2) is 22.9. The lowest BCUT2D eigenvalue weighted by molar-refractivity contribution is 0.00720. The fraction of sp³-hybridized carbons (Fsp3) is 1.00. The van der Waals surface area contributed by atoms with Gasteiger partial charge in [-0.05, 0) is 13.3 Å². The van der Waals surface area contributed by atoms with Gasteiger partial charge in [-0.15, -0.1) is 0 Å². The smallest absolute Gasteiger partial charge is 0.0701 e. The van der Waals surface area contributed by atoms with Gasteiger partial charge in [0.05, 0.1) is 39.6 Å². The minimum Gasteiger partial charge on any atom is -0.397 e. The molecule has 118 valence electrons. The molecule has 5 nitrogen and oxygen atoms in total. The van der Waals surface area contributed by atoms with E-state index in [1.807, 2.05) is 0 Å². The molecule has 0 aromatic heterocycles. The summed E-state index contributed by atoms with van der Waals surface area (Å²) in [7, 11) is 0. The lowest BCUT2D eigenvalue weighted by Crippen LogP contribution is -2.11. The predicted octanol–water partition coefficient (Wildman–Crippen LogP) is 1.61. The minimum atomic E-state index is 0.0703. The zero-order chi connectivity index (χ0) is 14.6. The van der Waals surface area contributed by atoms with Crippen molar-refractivity contribution in [1.82, 2.24) is 0 Å². The number of aliphatic hydroxyl groups is 2. The quantitative estimate of drug-likeness (QED) is 0.502. The highest BCUT2D eigenvalue weighted by Crippen LogP contribution is 1.98. The van der Waals surface area contributed by atoms with Crippen LogP contribution < -0.4 is 0 Å². The molecule has 0 radical (unpaired) electrons. The van der Waals surface area contributed by atoms with Crippen molar-refractivity contribution in [2.75, 3.05) is 52.9 Å². The van der Waals surface area contributed by atoms with Crippen LogP contribution in [0.2, 0.25) is 0 Å². The molecule has 0 fully saturated rings. The van der Waals surface area contributed by atoms with E-state index >= 15 is 0 Å². The standard InChI is InChI=1S/C12H26O4.C2H6O/c1-2-3-4-5-7-14-9-11-16-12-10-15-8-6-13;1-2-3/h13H,2-12H2,1H3;3H,2H2,1H3. The molecule has 0 bridgehead atoms.